The molecule has 1 fully saturated rings. The molecule has 23 heavy (non-hydrogen) atoms. The number of ether oxygens (including phenoxy) is 2. The molecule has 1 unspecified atom stereocenters. The summed E-state index contributed by atoms with van der Waals surface area (Å²) in [4.78, 5) is 2.32. The highest BCUT2D eigenvalue weighted by atomic mass is 16.6. The molecule has 1 N–H and O–H groups in total. The second-order valence-electron chi connectivity index (χ2n) is 6.59. The van der Waals surface area contributed by atoms with Crippen LogP contribution in [0, 0.1) is 0 Å². The van der Waals surface area contributed by atoms with Gasteiger partial charge in [-0.1, -0.05) is 6.07 Å². The number of rotatable bonds is 5. The van der Waals surface area contributed by atoms with Gasteiger partial charge in [0.05, 0.1) is 5.69 Å². The lowest BCUT2D eigenvalue weighted by Gasteiger charge is -2.26. The lowest BCUT2D eigenvalue weighted by atomic mass is 10.1. The van der Waals surface area contributed by atoms with Crippen molar-refractivity contribution in [3.05, 3.63) is 41.2 Å². The highest BCUT2D eigenvalue weighted by Crippen LogP contribution is 2.39. The molecule has 2 aromatic rings. The minimum Gasteiger partial charge on any atom is -0.486 e. The zero-order chi connectivity index (χ0) is 15.8. The van der Waals surface area contributed by atoms with E-state index in [4.69, 9.17) is 9.47 Å². The van der Waals surface area contributed by atoms with E-state index in [0.29, 0.717) is 25.2 Å². The monoisotopic (exact) mass is 313 g/mol. The van der Waals surface area contributed by atoms with E-state index in [1.807, 2.05) is 6.07 Å². The predicted molar refractivity (Wildman–Crippen MR) is 87.9 cm³/mol. The molecule has 122 valence electrons. The van der Waals surface area contributed by atoms with Gasteiger partial charge in [-0.25, -0.2) is 0 Å². The molecule has 0 amide bonds. The topological polar surface area (TPSA) is 50.4 Å². The summed E-state index contributed by atoms with van der Waals surface area (Å²) in [5.74, 6) is 2.39. The van der Waals surface area contributed by atoms with E-state index in [9.17, 15) is 0 Å². The smallest absolute Gasteiger partial charge is 0.161 e. The third-order valence-corrected chi connectivity index (χ3v) is 4.78. The summed E-state index contributed by atoms with van der Waals surface area (Å²) < 4.78 is 11.3. The summed E-state index contributed by atoms with van der Waals surface area (Å²) in [6.45, 7) is 4.32. The van der Waals surface area contributed by atoms with Crippen LogP contribution < -0.4 is 9.47 Å². The van der Waals surface area contributed by atoms with Crippen LogP contribution in [0.4, 0.5) is 0 Å². The molecule has 1 aromatic carbocycles. The first kappa shape index (κ1) is 14.6. The van der Waals surface area contributed by atoms with Crippen molar-refractivity contribution in [1.82, 2.24) is 15.1 Å². The Hall–Kier alpha value is -2.01. The summed E-state index contributed by atoms with van der Waals surface area (Å²) in [5, 5.41) is 7.61. The Morgan fingerprint density at radius 1 is 1.22 bits per heavy atom. The number of hydrogen-bond donors (Lipinski definition) is 1. The number of aromatic amines is 1. The van der Waals surface area contributed by atoms with E-state index in [1.54, 1.807) is 0 Å². The van der Waals surface area contributed by atoms with E-state index in [2.05, 4.69) is 47.3 Å². The van der Waals surface area contributed by atoms with Gasteiger partial charge in [-0.05, 0) is 50.6 Å². The van der Waals surface area contributed by atoms with E-state index in [1.165, 1.54) is 29.8 Å². The van der Waals surface area contributed by atoms with Gasteiger partial charge in [0, 0.05) is 24.2 Å². The van der Waals surface area contributed by atoms with Crippen LogP contribution in [-0.2, 0) is 6.54 Å². The molecule has 1 aliphatic carbocycles. The number of aromatic nitrogens is 2. The van der Waals surface area contributed by atoms with Crippen LogP contribution in [-0.4, -0.2) is 35.4 Å². The van der Waals surface area contributed by atoms with Crippen molar-refractivity contribution in [1.29, 1.82) is 0 Å². The number of H-pyrrole nitrogens is 1. The van der Waals surface area contributed by atoms with Gasteiger partial charge < -0.3 is 9.47 Å². The van der Waals surface area contributed by atoms with Gasteiger partial charge in [0.25, 0.3) is 0 Å². The molecule has 1 aromatic heterocycles. The van der Waals surface area contributed by atoms with Crippen LogP contribution in [0.2, 0.25) is 0 Å². The molecular formula is C18H23N3O2. The Labute approximate surface area is 136 Å². The Morgan fingerprint density at radius 3 is 2.78 bits per heavy atom. The number of nitrogens with one attached hydrogen (secondary N) is 1. The molecule has 0 saturated heterocycles. The molecule has 5 nitrogen and oxygen atoms in total. The second kappa shape index (κ2) is 5.89. The predicted octanol–water partition coefficient (Wildman–Crippen LogP) is 3.25. The minimum atomic E-state index is 0.290. The van der Waals surface area contributed by atoms with Crippen molar-refractivity contribution in [2.24, 2.45) is 0 Å². The van der Waals surface area contributed by atoms with Gasteiger partial charge in [-0.3, -0.25) is 10.00 Å². The third kappa shape index (κ3) is 3.06. The Morgan fingerprint density at radius 2 is 2.00 bits per heavy atom. The molecule has 4 rings (SSSR count). The quantitative estimate of drug-likeness (QED) is 0.920. The second-order valence-corrected chi connectivity index (χ2v) is 6.59. The summed E-state index contributed by atoms with van der Waals surface area (Å²) in [7, 11) is 2.14. The van der Waals surface area contributed by atoms with E-state index in [0.717, 1.165) is 18.0 Å². The standard InChI is InChI=1S/C18H23N3O2/c1-12(14-5-6-17-18(9-14)23-8-7-22-17)21(2)11-15-10-16(20-19-15)13-3-4-13/h5-6,9-10,12-13H,3-4,7-8,11H2,1-2H3,(H,19,20). The highest BCUT2D eigenvalue weighted by molar-refractivity contribution is 5.44. The molecule has 2 heterocycles. The number of benzene rings is 1. The summed E-state index contributed by atoms with van der Waals surface area (Å²) >= 11 is 0. The maximum atomic E-state index is 5.69. The van der Waals surface area contributed by atoms with Crippen LogP contribution >= 0.6 is 0 Å². The zero-order valence-electron chi connectivity index (χ0n) is 13.7. The van der Waals surface area contributed by atoms with Crippen molar-refractivity contribution in [2.45, 2.75) is 38.3 Å². The minimum absolute atomic E-state index is 0.290. The van der Waals surface area contributed by atoms with Crippen molar-refractivity contribution < 1.29 is 9.47 Å². The molecule has 5 heteroatoms. The maximum absolute atomic E-state index is 5.69. The van der Waals surface area contributed by atoms with Gasteiger partial charge >= 0.3 is 0 Å². The molecule has 2 aliphatic rings. The van der Waals surface area contributed by atoms with Crippen molar-refractivity contribution >= 4 is 0 Å². The average Bonchev–Trinajstić information content (AvgIpc) is 3.33. The van der Waals surface area contributed by atoms with Crippen molar-refractivity contribution in [2.75, 3.05) is 20.3 Å². The first-order valence-electron chi connectivity index (χ1n) is 8.34. The number of hydrogen-bond acceptors (Lipinski definition) is 4. The third-order valence-electron chi connectivity index (χ3n) is 4.78. The van der Waals surface area contributed by atoms with Crippen molar-refractivity contribution in [3.8, 4) is 11.5 Å². The summed E-state index contributed by atoms with van der Waals surface area (Å²) in [5.41, 5.74) is 3.64. The normalized spacial score (nSPS) is 18.2. The van der Waals surface area contributed by atoms with E-state index in [-0.39, 0.29) is 0 Å². The number of fused-ring (bicyclic) bond motifs is 1. The Balaban J connectivity index is 1.45. The van der Waals surface area contributed by atoms with Gasteiger partial charge in [-0.15, -0.1) is 0 Å². The average molecular weight is 313 g/mol. The molecule has 0 bridgehead atoms. The van der Waals surface area contributed by atoms with Crippen LogP contribution in [0.15, 0.2) is 24.3 Å². The molecule has 0 spiro atoms. The summed E-state index contributed by atoms with van der Waals surface area (Å²) in [6, 6.07) is 8.73. The van der Waals surface area contributed by atoms with Crippen molar-refractivity contribution in [3.63, 3.8) is 0 Å². The van der Waals surface area contributed by atoms with Gasteiger partial charge in [0.15, 0.2) is 11.5 Å². The number of nitrogens with zero attached hydrogens (tertiary/aromatic N) is 2. The maximum Gasteiger partial charge on any atom is 0.161 e. The SMILES string of the molecule is CC(c1ccc2c(c1)OCCO2)N(C)Cc1cc(C2CC2)n[nH]1. The van der Waals surface area contributed by atoms with E-state index >= 15 is 0 Å². The lowest BCUT2D eigenvalue weighted by molar-refractivity contribution is 0.170. The first-order valence-corrected chi connectivity index (χ1v) is 8.34. The molecule has 0 radical (unpaired) electrons. The fourth-order valence-electron chi connectivity index (χ4n) is 3.03. The van der Waals surface area contributed by atoms with Crippen LogP contribution in [0.25, 0.3) is 0 Å². The molecule has 1 aliphatic heterocycles. The first-order chi connectivity index (χ1) is 11.2. The van der Waals surface area contributed by atoms with Crippen LogP contribution in [0.5, 0.6) is 11.5 Å². The molecule has 1 atom stereocenters. The Kier molecular flexibility index (Phi) is 3.73. The lowest BCUT2D eigenvalue weighted by Crippen LogP contribution is -2.22. The van der Waals surface area contributed by atoms with Gasteiger partial charge in [0.2, 0.25) is 0 Å². The van der Waals surface area contributed by atoms with Crippen LogP contribution in [0.1, 0.15) is 48.7 Å². The highest BCUT2D eigenvalue weighted by Gasteiger charge is 2.26. The zero-order valence-corrected chi connectivity index (χ0v) is 13.7. The van der Waals surface area contributed by atoms with Crippen LogP contribution in [0.3, 0.4) is 0 Å². The summed E-state index contributed by atoms with van der Waals surface area (Å²) in [6.07, 6.45) is 2.57. The van der Waals surface area contributed by atoms with E-state index < -0.39 is 0 Å². The molecular weight excluding hydrogens is 290 g/mol. The fraction of sp³-hybridized carbons (Fsp3) is 0.500. The fourth-order valence-corrected chi connectivity index (χ4v) is 3.03. The van der Waals surface area contributed by atoms with Gasteiger partial charge in [-0.2, -0.15) is 5.10 Å². The molecule has 1 saturated carbocycles. The largest absolute Gasteiger partial charge is 0.486 e. The Bertz CT molecular complexity index is 693. The van der Waals surface area contributed by atoms with Gasteiger partial charge in [0.1, 0.15) is 13.2 Å².